The number of ether oxygens (including phenoxy) is 1. The fourth-order valence-electron chi connectivity index (χ4n) is 3.00. The summed E-state index contributed by atoms with van der Waals surface area (Å²) in [5.74, 6) is 1.00. The minimum Gasteiger partial charge on any atom is -0.497 e. The van der Waals surface area contributed by atoms with Gasteiger partial charge in [-0.3, -0.25) is 4.79 Å². The quantitative estimate of drug-likeness (QED) is 0.838. The van der Waals surface area contributed by atoms with Crippen LogP contribution in [-0.2, 0) is 11.3 Å². The van der Waals surface area contributed by atoms with E-state index >= 15 is 0 Å². The minimum atomic E-state index is -0.230. The van der Waals surface area contributed by atoms with Crippen molar-refractivity contribution >= 4 is 17.6 Å². The molecule has 1 aliphatic heterocycles. The minimum absolute atomic E-state index is 0.0987. The third-order valence-electron chi connectivity index (χ3n) is 4.44. The number of amides is 3. The van der Waals surface area contributed by atoms with Crippen LogP contribution in [0.1, 0.15) is 12.0 Å². The number of carbonyl (C=O) groups is 2. The normalized spacial score (nSPS) is 16.4. The second kappa shape index (κ2) is 8.38. The number of hydrogen-bond donors (Lipinski definition) is 2. The molecule has 2 aromatic rings. The lowest BCUT2D eigenvalue weighted by Gasteiger charge is -2.17. The molecule has 3 amide bonds. The van der Waals surface area contributed by atoms with Crippen molar-refractivity contribution in [1.82, 2.24) is 10.6 Å². The fraction of sp³-hybridized carbons (Fsp3) is 0.300. The SMILES string of the molecule is COc1ccc(CNC(=O)NC[C@@H]2CC(=O)N(c3ccccc3)C2)cc1. The number of methoxy groups -OCH3 is 1. The molecule has 1 fully saturated rings. The Morgan fingerprint density at radius 3 is 2.54 bits per heavy atom. The van der Waals surface area contributed by atoms with Crippen LogP contribution in [0.3, 0.4) is 0 Å². The van der Waals surface area contributed by atoms with Gasteiger partial charge in [-0.25, -0.2) is 4.79 Å². The van der Waals surface area contributed by atoms with Gasteiger partial charge in [0.15, 0.2) is 0 Å². The molecule has 1 heterocycles. The van der Waals surface area contributed by atoms with E-state index < -0.39 is 0 Å². The first-order valence-corrected chi connectivity index (χ1v) is 8.66. The molecule has 0 radical (unpaired) electrons. The summed E-state index contributed by atoms with van der Waals surface area (Å²) in [5.41, 5.74) is 1.90. The molecule has 0 aromatic heterocycles. The summed E-state index contributed by atoms with van der Waals surface area (Å²) < 4.78 is 5.11. The van der Waals surface area contributed by atoms with Gasteiger partial charge in [-0.1, -0.05) is 30.3 Å². The number of benzene rings is 2. The van der Waals surface area contributed by atoms with Gasteiger partial charge in [0.25, 0.3) is 0 Å². The number of rotatable bonds is 6. The maximum atomic E-state index is 12.2. The summed E-state index contributed by atoms with van der Waals surface area (Å²) in [6.45, 7) is 1.54. The van der Waals surface area contributed by atoms with Crippen LogP contribution in [0.25, 0.3) is 0 Å². The van der Waals surface area contributed by atoms with Crippen LogP contribution in [0.4, 0.5) is 10.5 Å². The lowest BCUT2D eigenvalue weighted by molar-refractivity contribution is -0.117. The number of hydrogen-bond acceptors (Lipinski definition) is 3. The first-order valence-electron chi connectivity index (χ1n) is 8.66. The molecule has 26 heavy (non-hydrogen) atoms. The lowest BCUT2D eigenvalue weighted by Crippen LogP contribution is -2.38. The van der Waals surface area contributed by atoms with Crippen LogP contribution in [0.15, 0.2) is 54.6 Å². The van der Waals surface area contributed by atoms with E-state index in [4.69, 9.17) is 4.74 Å². The molecule has 6 nitrogen and oxygen atoms in total. The average Bonchev–Trinajstić information content (AvgIpc) is 3.06. The van der Waals surface area contributed by atoms with Crippen molar-refractivity contribution in [3.8, 4) is 5.75 Å². The second-order valence-corrected chi connectivity index (χ2v) is 6.32. The summed E-state index contributed by atoms with van der Waals surface area (Å²) in [6.07, 6.45) is 0.452. The maximum Gasteiger partial charge on any atom is 0.315 e. The number of nitrogens with zero attached hydrogens (tertiary/aromatic N) is 1. The third-order valence-corrected chi connectivity index (χ3v) is 4.44. The van der Waals surface area contributed by atoms with Gasteiger partial charge in [0.2, 0.25) is 5.91 Å². The zero-order valence-electron chi connectivity index (χ0n) is 14.8. The molecule has 6 heteroatoms. The van der Waals surface area contributed by atoms with E-state index in [9.17, 15) is 9.59 Å². The zero-order valence-corrected chi connectivity index (χ0v) is 14.8. The van der Waals surface area contributed by atoms with Gasteiger partial charge in [0.1, 0.15) is 5.75 Å². The molecule has 0 bridgehead atoms. The molecule has 3 rings (SSSR count). The van der Waals surface area contributed by atoms with Gasteiger partial charge in [0.05, 0.1) is 7.11 Å². The fourth-order valence-corrected chi connectivity index (χ4v) is 3.00. The zero-order chi connectivity index (χ0) is 18.4. The summed E-state index contributed by atoms with van der Waals surface area (Å²) in [7, 11) is 1.62. The predicted molar refractivity (Wildman–Crippen MR) is 100 cm³/mol. The highest BCUT2D eigenvalue weighted by molar-refractivity contribution is 5.95. The Kier molecular flexibility index (Phi) is 5.73. The second-order valence-electron chi connectivity index (χ2n) is 6.32. The highest BCUT2D eigenvalue weighted by Gasteiger charge is 2.30. The lowest BCUT2D eigenvalue weighted by atomic mass is 10.1. The largest absolute Gasteiger partial charge is 0.497 e. The van der Waals surface area contributed by atoms with Crippen LogP contribution in [-0.4, -0.2) is 32.1 Å². The average molecular weight is 353 g/mol. The molecule has 2 aromatic carbocycles. The van der Waals surface area contributed by atoms with Crippen molar-refractivity contribution in [1.29, 1.82) is 0 Å². The number of urea groups is 1. The standard InChI is InChI=1S/C20H23N3O3/c1-26-18-9-7-15(8-10-18)12-21-20(25)22-13-16-11-19(24)23(14-16)17-5-3-2-4-6-17/h2-10,16H,11-14H2,1H3,(H2,21,22,25)/t16-/m0/s1. The Morgan fingerprint density at radius 2 is 1.85 bits per heavy atom. The molecule has 0 spiro atoms. The van der Waals surface area contributed by atoms with Gasteiger partial charge in [-0.2, -0.15) is 0 Å². The molecule has 1 atom stereocenters. The first-order chi connectivity index (χ1) is 12.7. The van der Waals surface area contributed by atoms with Gasteiger partial charge in [-0.05, 0) is 29.8 Å². The smallest absolute Gasteiger partial charge is 0.315 e. The van der Waals surface area contributed by atoms with Crippen molar-refractivity contribution < 1.29 is 14.3 Å². The summed E-state index contributed by atoms with van der Waals surface area (Å²) in [6, 6.07) is 16.9. The van der Waals surface area contributed by atoms with Crippen molar-refractivity contribution in [3.05, 3.63) is 60.2 Å². The third kappa shape index (κ3) is 4.53. The van der Waals surface area contributed by atoms with E-state index in [2.05, 4.69) is 10.6 Å². The van der Waals surface area contributed by atoms with Crippen LogP contribution < -0.4 is 20.3 Å². The number of nitrogens with one attached hydrogen (secondary N) is 2. The predicted octanol–water partition coefficient (Wildman–Crippen LogP) is 2.55. The van der Waals surface area contributed by atoms with E-state index in [0.29, 0.717) is 26.1 Å². The molecule has 136 valence electrons. The van der Waals surface area contributed by atoms with Crippen molar-refractivity contribution in [3.63, 3.8) is 0 Å². The summed E-state index contributed by atoms with van der Waals surface area (Å²) >= 11 is 0. The number of anilines is 1. The van der Waals surface area contributed by atoms with Crippen LogP contribution in [0, 0.1) is 5.92 Å². The first kappa shape index (κ1) is 17.8. The highest BCUT2D eigenvalue weighted by atomic mass is 16.5. The van der Waals surface area contributed by atoms with E-state index in [1.807, 2.05) is 54.6 Å². The van der Waals surface area contributed by atoms with Gasteiger partial charge >= 0.3 is 6.03 Å². The molecule has 1 saturated heterocycles. The van der Waals surface area contributed by atoms with E-state index in [-0.39, 0.29) is 17.9 Å². The molecular weight excluding hydrogens is 330 g/mol. The van der Waals surface area contributed by atoms with Gasteiger partial charge in [0, 0.05) is 37.7 Å². The molecule has 2 N–H and O–H groups in total. The van der Waals surface area contributed by atoms with E-state index in [1.165, 1.54) is 0 Å². The monoisotopic (exact) mass is 353 g/mol. The number of carbonyl (C=O) groups excluding carboxylic acids is 2. The van der Waals surface area contributed by atoms with Gasteiger partial charge in [-0.15, -0.1) is 0 Å². The van der Waals surface area contributed by atoms with E-state index in [1.54, 1.807) is 12.0 Å². The Balaban J connectivity index is 1.42. The van der Waals surface area contributed by atoms with Crippen molar-refractivity contribution in [2.75, 3.05) is 25.1 Å². The maximum absolute atomic E-state index is 12.2. The summed E-state index contributed by atoms with van der Waals surface area (Å²) in [5, 5.41) is 5.68. The molecule has 0 unspecified atom stereocenters. The number of para-hydroxylation sites is 1. The van der Waals surface area contributed by atoms with E-state index in [0.717, 1.165) is 17.0 Å². The highest BCUT2D eigenvalue weighted by Crippen LogP contribution is 2.24. The molecule has 0 saturated carbocycles. The van der Waals surface area contributed by atoms with Crippen molar-refractivity contribution in [2.24, 2.45) is 5.92 Å². The Labute approximate surface area is 153 Å². The van der Waals surface area contributed by atoms with Crippen LogP contribution >= 0.6 is 0 Å². The Hall–Kier alpha value is -3.02. The summed E-state index contributed by atoms with van der Waals surface area (Å²) in [4.78, 5) is 25.9. The van der Waals surface area contributed by atoms with Crippen LogP contribution in [0.5, 0.6) is 5.75 Å². The topological polar surface area (TPSA) is 70.7 Å². The molecule has 0 aliphatic carbocycles. The Bertz CT molecular complexity index is 747. The van der Waals surface area contributed by atoms with Crippen LogP contribution in [0.2, 0.25) is 0 Å². The molecule has 1 aliphatic rings. The molecular formula is C20H23N3O3. The Morgan fingerprint density at radius 1 is 1.12 bits per heavy atom. The van der Waals surface area contributed by atoms with Crippen molar-refractivity contribution in [2.45, 2.75) is 13.0 Å². The van der Waals surface area contributed by atoms with Gasteiger partial charge < -0.3 is 20.3 Å².